The Hall–Kier alpha value is -3.32. The van der Waals surface area contributed by atoms with Crippen molar-refractivity contribution in [2.24, 2.45) is 0 Å². The number of cyclic esters (lactones) is 2. The molecule has 2 aromatic rings. The standard InChI is InChI=1S/C12H11F3O2.C7H6BF3O2.C5H6O2/c13-12(14,15)10-3-1-2-8(6-10)9-4-5-17-11(16)7-9;9-7(10,11)5-2-1-3-6(4-5)8(12)13;6-5-3-1-2-4-7-5/h1-3,6,9H,4-5,7H2;1-4,12-13H;1,3H,2,4H2. The van der Waals surface area contributed by atoms with Gasteiger partial charge in [-0.3, -0.25) is 4.79 Å². The van der Waals surface area contributed by atoms with Crippen molar-refractivity contribution in [1.29, 1.82) is 0 Å². The minimum Gasteiger partial charge on any atom is -0.466 e. The van der Waals surface area contributed by atoms with Crippen LogP contribution in [0.3, 0.4) is 0 Å². The zero-order valence-corrected chi connectivity index (χ0v) is 19.3. The van der Waals surface area contributed by atoms with E-state index < -0.39 is 30.6 Å². The first-order valence-corrected chi connectivity index (χ1v) is 11.0. The van der Waals surface area contributed by atoms with Gasteiger partial charge in [0.15, 0.2) is 0 Å². The molecule has 13 heteroatoms. The lowest BCUT2D eigenvalue weighted by molar-refractivity contribution is -0.147. The van der Waals surface area contributed by atoms with Gasteiger partial charge in [-0.05, 0) is 29.4 Å². The Morgan fingerprint density at radius 1 is 0.838 bits per heavy atom. The molecule has 0 bridgehead atoms. The van der Waals surface area contributed by atoms with Crippen molar-refractivity contribution < 1.29 is 55.5 Å². The zero-order chi connectivity index (χ0) is 27.6. The summed E-state index contributed by atoms with van der Waals surface area (Å²) >= 11 is 0. The molecule has 2 heterocycles. The van der Waals surface area contributed by atoms with Gasteiger partial charge < -0.3 is 19.5 Å². The van der Waals surface area contributed by atoms with Crippen molar-refractivity contribution in [3.63, 3.8) is 0 Å². The third-order valence-electron chi connectivity index (χ3n) is 5.12. The zero-order valence-electron chi connectivity index (χ0n) is 19.3. The van der Waals surface area contributed by atoms with Crippen molar-refractivity contribution in [3.05, 3.63) is 77.4 Å². The average molecular weight is 532 g/mol. The quantitative estimate of drug-likeness (QED) is 0.345. The maximum atomic E-state index is 12.5. The monoisotopic (exact) mass is 532 g/mol. The van der Waals surface area contributed by atoms with E-state index in [0.29, 0.717) is 24.7 Å². The van der Waals surface area contributed by atoms with Gasteiger partial charge >= 0.3 is 31.4 Å². The number of alkyl halides is 6. The van der Waals surface area contributed by atoms with E-state index in [9.17, 15) is 35.9 Å². The first-order chi connectivity index (χ1) is 17.3. The molecule has 2 aromatic carbocycles. The van der Waals surface area contributed by atoms with Crippen molar-refractivity contribution in [2.75, 3.05) is 13.2 Å². The van der Waals surface area contributed by atoms with E-state index in [1.54, 1.807) is 6.07 Å². The minimum atomic E-state index is -4.45. The third-order valence-corrected chi connectivity index (χ3v) is 5.12. The number of carbonyl (C=O) groups is 2. The molecule has 2 aliphatic heterocycles. The van der Waals surface area contributed by atoms with Crippen LogP contribution >= 0.6 is 0 Å². The van der Waals surface area contributed by atoms with Crippen LogP contribution in [0.1, 0.15) is 41.9 Å². The molecule has 0 aliphatic carbocycles. The highest BCUT2D eigenvalue weighted by atomic mass is 19.4. The number of hydrogen-bond acceptors (Lipinski definition) is 6. The number of rotatable bonds is 2. The summed E-state index contributed by atoms with van der Waals surface area (Å²) in [7, 11) is -1.87. The van der Waals surface area contributed by atoms with Gasteiger partial charge in [-0.2, -0.15) is 26.3 Å². The fourth-order valence-corrected chi connectivity index (χ4v) is 3.26. The molecule has 2 aliphatic rings. The Labute approximate surface area is 208 Å². The number of ether oxygens (including phenoxy) is 2. The van der Waals surface area contributed by atoms with Crippen LogP contribution in [-0.2, 0) is 31.4 Å². The number of benzene rings is 2. The van der Waals surface area contributed by atoms with E-state index in [4.69, 9.17) is 14.8 Å². The van der Waals surface area contributed by atoms with E-state index in [1.807, 2.05) is 6.08 Å². The summed E-state index contributed by atoms with van der Waals surface area (Å²) in [6, 6.07) is 9.04. The molecule has 0 spiro atoms. The van der Waals surface area contributed by atoms with E-state index >= 15 is 0 Å². The lowest BCUT2D eigenvalue weighted by Gasteiger charge is -2.22. The van der Waals surface area contributed by atoms with Crippen LogP contribution < -0.4 is 5.46 Å². The molecular formula is C24H23BF6O6. The summed E-state index contributed by atoms with van der Waals surface area (Å²) in [5, 5.41) is 17.2. The summed E-state index contributed by atoms with van der Waals surface area (Å²) in [6.45, 7) is 0.828. The van der Waals surface area contributed by atoms with E-state index in [0.717, 1.165) is 30.7 Å². The van der Waals surface area contributed by atoms with Gasteiger partial charge in [0.25, 0.3) is 0 Å². The van der Waals surface area contributed by atoms with Crippen LogP contribution in [-0.4, -0.2) is 42.3 Å². The van der Waals surface area contributed by atoms with Crippen LogP contribution in [0.5, 0.6) is 0 Å². The number of hydrogen-bond donors (Lipinski definition) is 2. The number of halogens is 6. The average Bonchev–Trinajstić information content (AvgIpc) is 2.84. The molecule has 0 aromatic heterocycles. The Morgan fingerprint density at radius 3 is 1.95 bits per heavy atom. The van der Waals surface area contributed by atoms with Crippen LogP contribution in [0, 0.1) is 0 Å². The summed E-state index contributed by atoms with van der Waals surface area (Å²) in [4.78, 5) is 21.2. The summed E-state index contributed by atoms with van der Waals surface area (Å²) in [5.41, 5.74) is -1.18. The lowest BCUT2D eigenvalue weighted by Crippen LogP contribution is -2.30. The highest BCUT2D eigenvalue weighted by Gasteiger charge is 2.32. The molecule has 37 heavy (non-hydrogen) atoms. The largest absolute Gasteiger partial charge is 0.488 e. The van der Waals surface area contributed by atoms with Crippen molar-refractivity contribution in [1.82, 2.24) is 0 Å². The van der Waals surface area contributed by atoms with Gasteiger partial charge in [0.2, 0.25) is 0 Å². The predicted octanol–water partition coefficient (Wildman–Crippen LogP) is 4.00. The topological polar surface area (TPSA) is 93.1 Å². The van der Waals surface area contributed by atoms with Crippen molar-refractivity contribution in [3.8, 4) is 0 Å². The highest BCUT2D eigenvalue weighted by molar-refractivity contribution is 6.58. The molecule has 1 unspecified atom stereocenters. The molecule has 0 amide bonds. The molecule has 6 nitrogen and oxygen atoms in total. The third kappa shape index (κ3) is 10.3. The molecule has 1 fully saturated rings. The second-order valence-corrected chi connectivity index (χ2v) is 7.89. The second kappa shape index (κ2) is 13.3. The molecular weight excluding hydrogens is 509 g/mol. The summed E-state index contributed by atoms with van der Waals surface area (Å²) in [5.74, 6) is -0.733. The minimum absolute atomic E-state index is 0.154. The van der Waals surface area contributed by atoms with Gasteiger partial charge in [-0.1, -0.05) is 48.5 Å². The first-order valence-electron chi connectivity index (χ1n) is 11.0. The smallest absolute Gasteiger partial charge is 0.466 e. The fraction of sp³-hybridized carbons (Fsp3) is 0.333. The van der Waals surface area contributed by atoms with Gasteiger partial charge in [-0.15, -0.1) is 0 Å². The molecule has 4 rings (SSSR count). The highest BCUT2D eigenvalue weighted by Crippen LogP contribution is 2.34. The van der Waals surface area contributed by atoms with Gasteiger partial charge in [0.05, 0.1) is 30.8 Å². The summed E-state index contributed by atoms with van der Waals surface area (Å²) < 4.78 is 83.1. The Kier molecular flexibility index (Phi) is 10.7. The van der Waals surface area contributed by atoms with E-state index in [2.05, 4.69) is 4.74 Å². The summed E-state index contributed by atoms with van der Waals surface area (Å²) in [6.07, 6.45) is -3.94. The Balaban J connectivity index is 0.000000212. The van der Waals surface area contributed by atoms with E-state index in [1.165, 1.54) is 18.2 Å². The van der Waals surface area contributed by atoms with Crippen molar-refractivity contribution in [2.45, 2.75) is 37.5 Å². The first kappa shape index (κ1) is 29.9. The maximum Gasteiger partial charge on any atom is 0.488 e. The Bertz CT molecular complexity index is 1080. The van der Waals surface area contributed by atoms with Crippen LogP contribution in [0.2, 0.25) is 0 Å². The molecule has 200 valence electrons. The van der Waals surface area contributed by atoms with Crippen LogP contribution in [0.4, 0.5) is 26.3 Å². The van der Waals surface area contributed by atoms with E-state index in [-0.39, 0.29) is 36.3 Å². The molecule has 1 atom stereocenters. The van der Waals surface area contributed by atoms with Gasteiger partial charge in [0, 0.05) is 12.5 Å². The molecule has 0 saturated carbocycles. The van der Waals surface area contributed by atoms with Crippen LogP contribution in [0.25, 0.3) is 0 Å². The second-order valence-electron chi connectivity index (χ2n) is 7.89. The van der Waals surface area contributed by atoms with Crippen LogP contribution in [0.15, 0.2) is 60.7 Å². The molecule has 1 saturated heterocycles. The predicted molar refractivity (Wildman–Crippen MR) is 120 cm³/mol. The molecule has 2 N–H and O–H groups in total. The Morgan fingerprint density at radius 2 is 1.46 bits per heavy atom. The maximum absolute atomic E-state index is 12.5. The lowest BCUT2D eigenvalue weighted by atomic mass is 9.79. The SMILES string of the molecule is O=C1C=CCCO1.O=C1CC(c2cccc(C(F)(F)F)c2)CCO1.OB(O)c1cccc(C(F)(F)F)c1. The molecule has 0 radical (unpaired) electrons. The van der Waals surface area contributed by atoms with Gasteiger partial charge in [0.1, 0.15) is 0 Å². The normalized spacial score (nSPS) is 17.4. The number of carbonyl (C=O) groups excluding carboxylic acids is 2. The number of esters is 2. The van der Waals surface area contributed by atoms with Crippen molar-refractivity contribution >= 4 is 24.5 Å². The van der Waals surface area contributed by atoms with Gasteiger partial charge in [-0.25, -0.2) is 4.79 Å². The fourth-order valence-electron chi connectivity index (χ4n) is 3.26.